The van der Waals surface area contributed by atoms with Gasteiger partial charge in [-0.2, -0.15) is 4.98 Å². The lowest BCUT2D eigenvalue weighted by molar-refractivity contribution is 0.0614. The van der Waals surface area contributed by atoms with E-state index in [1.54, 1.807) is 22.9 Å². The van der Waals surface area contributed by atoms with Crippen molar-refractivity contribution in [2.75, 3.05) is 52.7 Å². The number of methoxy groups -OCH3 is 2. The third-order valence-corrected chi connectivity index (χ3v) is 7.62. The maximum absolute atomic E-state index is 13.9. The summed E-state index contributed by atoms with van der Waals surface area (Å²) in [5.74, 6) is 0.810. The monoisotopic (exact) mass is 548 g/mol. The summed E-state index contributed by atoms with van der Waals surface area (Å²) in [6.07, 6.45) is 2.36. The first-order valence-corrected chi connectivity index (χ1v) is 13.0. The van der Waals surface area contributed by atoms with Gasteiger partial charge in [-0.25, -0.2) is 4.98 Å². The number of nitrogens with two attached hydrogens (primary N) is 1. The molecule has 11 heteroatoms. The van der Waals surface area contributed by atoms with Gasteiger partial charge >= 0.3 is 0 Å². The number of nitrogens with zero attached hydrogens (tertiary/aromatic N) is 5. The maximum atomic E-state index is 13.9. The third-order valence-electron chi connectivity index (χ3n) is 6.87. The maximum Gasteiger partial charge on any atom is 0.260 e. The van der Waals surface area contributed by atoms with E-state index >= 15 is 0 Å². The molecule has 0 amide bonds. The van der Waals surface area contributed by atoms with Crippen molar-refractivity contribution in [3.05, 3.63) is 38.7 Å². The molecule has 0 saturated carbocycles. The van der Waals surface area contributed by atoms with Gasteiger partial charge in [0.1, 0.15) is 17.1 Å². The number of ether oxygens (including phenoxy) is 2. The molecule has 1 aliphatic heterocycles. The summed E-state index contributed by atoms with van der Waals surface area (Å²) in [6, 6.07) is 3.28. The average Bonchev–Trinajstić information content (AvgIpc) is 2.86. The molecule has 1 aliphatic rings. The first kappa shape index (κ1) is 27.4. The van der Waals surface area contributed by atoms with Crippen LogP contribution in [0.3, 0.4) is 0 Å². The lowest BCUT2D eigenvalue weighted by atomic mass is 10.0. The fraction of sp³-hybridized carbons (Fsp3) is 0.500. The number of hydrogen-bond donors (Lipinski definition) is 1. The van der Waals surface area contributed by atoms with Gasteiger partial charge in [0.05, 0.1) is 29.8 Å². The fourth-order valence-electron chi connectivity index (χ4n) is 4.78. The van der Waals surface area contributed by atoms with Crippen molar-refractivity contribution in [3.63, 3.8) is 0 Å². The van der Waals surface area contributed by atoms with E-state index in [9.17, 15) is 4.79 Å². The normalized spacial score (nSPS) is 15.3. The topological polar surface area (TPSA) is 98.7 Å². The molecule has 0 bridgehead atoms. The van der Waals surface area contributed by atoms with Crippen LogP contribution in [0.2, 0.25) is 10.0 Å². The zero-order chi connectivity index (χ0) is 26.9. The van der Waals surface area contributed by atoms with E-state index in [1.807, 2.05) is 0 Å². The van der Waals surface area contributed by atoms with Crippen molar-refractivity contribution in [1.29, 1.82) is 0 Å². The molecule has 37 heavy (non-hydrogen) atoms. The number of rotatable bonds is 7. The van der Waals surface area contributed by atoms with Crippen LogP contribution >= 0.6 is 23.2 Å². The number of hydrogen-bond acceptors (Lipinski definition) is 8. The largest absolute Gasteiger partial charge is 0.495 e. The molecular formula is C26H34Cl2N6O3. The molecule has 1 fully saturated rings. The zero-order valence-corrected chi connectivity index (χ0v) is 23.5. The Hall–Kier alpha value is -2.59. The van der Waals surface area contributed by atoms with Crippen molar-refractivity contribution in [3.8, 4) is 22.6 Å². The number of pyridine rings is 1. The number of nitrogen functional groups attached to an aromatic ring is 1. The van der Waals surface area contributed by atoms with Gasteiger partial charge in [-0.05, 0) is 39.8 Å². The minimum Gasteiger partial charge on any atom is -0.495 e. The highest BCUT2D eigenvalue weighted by Gasteiger charge is 2.26. The summed E-state index contributed by atoms with van der Waals surface area (Å²) in [7, 11) is 2.99. The predicted molar refractivity (Wildman–Crippen MR) is 149 cm³/mol. The van der Waals surface area contributed by atoms with Crippen LogP contribution in [0.25, 0.3) is 22.2 Å². The van der Waals surface area contributed by atoms with Crippen molar-refractivity contribution in [2.45, 2.75) is 39.3 Å². The SMILES string of the molecule is COc1cc(OC)c(Cl)c(-c2cc3cnc(N)nc3n(CCCN3CCN(C(C)(C)C)CC3)c2=O)c1Cl. The molecule has 200 valence electrons. The predicted octanol–water partition coefficient (Wildman–Crippen LogP) is 4.17. The first-order valence-electron chi connectivity index (χ1n) is 12.3. The molecule has 1 aromatic carbocycles. The molecular weight excluding hydrogens is 515 g/mol. The molecule has 0 atom stereocenters. The Morgan fingerprint density at radius 3 is 2.19 bits per heavy atom. The van der Waals surface area contributed by atoms with Crippen LogP contribution in [0.4, 0.5) is 5.95 Å². The van der Waals surface area contributed by atoms with E-state index < -0.39 is 0 Å². The first-order chi connectivity index (χ1) is 17.5. The van der Waals surface area contributed by atoms with E-state index in [0.717, 1.165) is 39.1 Å². The lowest BCUT2D eigenvalue weighted by Crippen LogP contribution is -2.53. The molecule has 3 heterocycles. The van der Waals surface area contributed by atoms with E-state index in [4.69, 9.17) is 38.4 Å². The quantitative estimate of drug-likeness (QED) is 0.469. The second-order valence-corrected chi connectivity index (χ2v) is 10.9. The summed E-state index contributed by atoms with van der Waals surface area (Å²) in [5, 5.41) is 1.10. The molecule has 2 N–H and O–H groups in total. The van der Waals surface area contributed by atoms with Gasteiger partial charge < -0.3 is 20.1 Å². The smallest absolute Gasteiger partial charge is 0.260 e. The van der Waals surface area contributed by atoms with Crippen LogP contribution < -0.4 is 20.8 Å². The van der Waals surface area contributed by atoms with Crippen LogP contribution in [0.15, 0.2) is 23.1 Å². The molecule has 9 nitrogen and oxygen atoms in total. The van der Waals surface area contributed by atoms with Gasteiger partial charge in [-0.1, -0.05) is 23.2 Å². The molecule has 2 aromatic heterocycles. The van der Waals surface area contributed by atoms with E-state index in [0.29, 0.717) is 40.2 Å². The molecule has 0 spiro atoms. The number of halogens is 2. The standard InChI is InChI=1S/C26H34Cl2N6O3/c1-26(2,3)33-11-9-32(10-12-33)7-6-8-34-23-16(15-30-25(29)31-23)13-17(24(34)35)20-21(27)18(36-4)14-19(37-5)22(20)28/h13-15H,6-12H2,1-5H3,(H2,29,30,31). The van der Waals surface area contributed by atoms with Crippen LogP contribution in [-0.2, 0) is 6.54 Å². The zero-order valence-electron chi connectivity index (χ0n) is 22.0. The summed E-state index contributed by atoms with van der Waals surface area (Å²) < 4.78 is 12.4. The summed E-state index contributed by atoms with van der Waals surface area (Å²) in [4.78, 5) is 27.3. The number of benzene rings is 1. The van der Waals surface area contributed by atoms with Gasteiger partial charge in [-0.3, -0.25) is 14.3 Å². The number of aryl methyl sites for hydroxylation is 1. The van der Waals surface area contributed by atoms with Crippen LogP contribution in [0.5, 0.6) is 11.5 Å². The Labute approximate surface area is 227 Å². The summed E-state index contributed by atoms with van der Waals surface area (Å²) >= 11 is 13.3. The van der Waals surface area contributed by atoms with Crippen molar-refractivity contribution in [1.82, 2.24) is 24.3 Å². The molecule has 3 aromatic rings. The highest BCUT2D eigenvalue weighted by Crippen LogP contribution is 2.45. The summed E-state index contributed by atoms with van der Waals surface area (Å²) in [5.41, 5.74) is 6.91. The summed E-state index contributed by atoms with van der Waals surface area (Å²) in [6.45, 7) is 12.1. The third kappa shape index (κ3) is 5.65. The Morgan fingerprint density at radius 1 is 1.00 bits per heavy atom. The molecule has 0 aliphatic carbocycles. The molecule has 4 rings (SSSR count). The minimum atomic E-state index is -0.276. The number of aromatic nitrogens is 3. The van der Waals surface area contributed by atoms with E-state index in [2.05, 4.69) is 40.5 Å². The van der Waals surface area contributed by atoms with Crippen molar-refractivity contribution < 1.29 is 9.47 Å². The number of anilines is 1. The van der Waals surface area contributed by atoms with Crippen molar-refractivity contribution in [2.24, 2.45) is 0 Å². The molecule has 1 saturated heterocycles. The van der Waals surface area contributed by atoms with E-state index in [1.165, 1.54) is 14.2 Å². The Balaban J connectivity index is 1.69. The Morgan fingerprint density at radius 2 is 1.62 bits per heavy atom. The lowest BCUT2D eigenvalue weighted by Gasteiger charge is -2.42. The number of piperazine rings is 1. The van der Waals surface area contributed by atoms with Crippen LogP contribution in [0, 0.1) is 0 Å². The molecule has 0 unspecified atom stereocenters. The fourth-order valence-corrected chi connectivity index (χ4v) is 5.48. The molecule has 0 radical (unpaired) electrons. The van der Waals surface area contributed by atoms with Gasteiger partial charge in [-0.15, -0.1) is 0 Å². The minimum absolute atomic E-state index is 0.103. The Bertz CT molecular complexity index is 1320. The highest BCUT2D eigenvalue weighted by molar-refractivity contribution is 6.41. The Kier molecular flexibility index (Phi) is 8.18. The van der Waals surface area contributed by atoms with Crippen LogP contribution in [-0.4, -0.2) is 76.8 Å². The van der Waals surface area contributed by atoms with Gasteiger partial charge in [0.15, 0.2) is 0 Å². The second-order valence-electron chi connectivity index (χ2n) is 10.2. The second kappa shape index (κ2) is 11.0. The average molecular weight is 550 g/mol. The van der Waals surface area contributed by atoms with Gasteiger partial charge in [0.2, 0.25) is 5.95 Å². The van der Waals surface area contributed by atoms with Crippen molar-refractivity contribution >= 4 is 40.2 Å². The van der Waals surface area contributed by atoms with Gasteiger partial charge in [0, 0.05) is 61.5 Å². The van der Waals surface area contributed by atoms with E-state index in [-0.39, 0.29) is 27.1 Å². The number of fused-ring (bicyclic) bond motifs is 1. The van der Waals surface area contributed by atoms with Gasteiger partial charge in [0.25, 0.3) is 5.56 Å². The highest BCUT2D eigenvalue weighted by atomic mass is 35.5. The van der Waals surface area contributed by atoms with Crippen LogP contribution in [0.1, 0.15) is 27.2 Å².